The Bertz CT molecular complexity index is 1250. The van der Waals surface area contributed by atoms with E-state index >= 15 is 0 Å². The molecule has 1 N–H and O–H groups in total. The lowest BCUT2D eigenvalue weighted by Gasteiger charge is -2.60. The van der Waals surface area contributed by atoms with Crippen LogP contribution in [0.4, 0.5) is 23.4 Å². The Morgan fingerprint density at radius 2 is 1.94 bits per heavy atom. The van der Waals surface area contributed by atoms with Gasteiger partial charge in [-0.15, -0.1) is 4.80 Å². The fourth-order valence-corrected chi connectivity index (χ4v) is 5.87. The highest BCUT2D eigenvalue weighted by Gasteiger charge is 2.69. The molecule has 1 aliphatic heterocycles. The van der Waals surface area contributed by atoms with Crippen LogP contribution in [0.15, 0.2) is 43.0 Å². The number of para-hydroxylation sites is 1. The van der Waals surface area contributed by atoms with E-state index in [1.807, 2.05) is 0 Å². The summed E-state index contributed by atoms with van der Waals surface area (Å²) in [5.41, 5.74) is -0.939. The van der Waals surface area contributed by atoms with E-state index in [1.165, 1.54) is 24.5 Å². The van der Waals surface area contributed by atoms with Crippen LogP contribution in [0.2, 0.25) is 0 Å². The third kappa shape index (κ3) is 3.00. The number of carbonyl (C=O) groups excluding carboxylic acids is 1. The fraction of sp³-hybridized carbons (Fsp3) is 0.409. The minimum Gasteiger partial charge on any atom is -0.364 e. The molecule has 2 saturated carbocycles. The molecule has 0 radical (unpaired) electrons. The SMILES string of the molecule is O=C(c1cccc(F)c1-n1nccn1)N1CC2CCC23CC(Nc2cnc(C(F)(F)F)cn2)C13. The number of carbonyl (C=O) groups is 1. The van der Waals surface area contributed by atoms with Gasteiger partial charge in [0, 0.05) is 12.6 Å². The van der Waals surface area contributed by atoms with Crippen molar-refractivity contribution in [2.45, 2.75) is 37.5 Å². The Kier molecular flexibility index (Phi) is 4.45. The zero-order valence-electron chi connectivity index (χ0n) is 17.7. The zero-order valence-corrected chi connectivity index (χ0v) is 17.7. The number of rotatable bonds is 4. The van der Waals surface area contributed by atoms with E-state index in [-0.39, 0.29) is 40.5 Å². The average Bonchev–Trinajstić information content (AvgIpc) is 3.36. The van der Waals surface area contributed by atoms with E-state index in [0.717, 1.165) is 30.3 Å². The lowest BCUT2D eigenvalue weighted by Crippen LogP contribution is -2.66. The van der Waals surface area contributed by atoms with Crippen LogP contribution in [0.1, 0.15) is 35.3 Å². The molecule has 1 amide bonds. The van der Waals surface area contributed by atoms with Gasteiger partial charge < -0.3 is 10.2 Å². The van der Waals surface area contributed by atoms with Gasteiger partial charge in [0.15, 0.2) is 11.5 Å². The molecule has 3 fully saturated rings. The van der Waals surface area contributed by atoms with Gasteiger partial charge in [0.2, 0.25) is 0 Å². The maximum absolute atomic E-state index is 14.7. The minimum atomic E-state index is -4.56. The molecule has 3 aromatic rings. The number of alkyl halides is 3. The number of hydrogen-bond acceptors (Lipinski definition) is 6. The first kappa shape index (κ1) is 21.0. The summed E-state index contributed by atoms with van der Waals surface area (Å²) in [7, 11) is 0. The first-order chi connectivity index (χ1) is 16.3. The van der Waals surface area contributed by atoms with Crippen LogP contribution in [-0.4, -0.2) is 54.4 Å². The zero-order chi connectivity index (χ0) is 23.7. The van der Waals surface area contributed by atoms with Crippen LogP contribution in [0.25, 0.3) is 5.69 Å². The monoisotopic (exact) mass is 473 g/mol. The highest BCUT2D eigenvalue weighted by atomic mass is 19.4. The molecule has 6 rings (SSSR count). The summed E-state index contributed by atoms with van der Waals surface area (Å²) in [5, 5.41) is 11.1. The average molecular weight is 473 g/mol. The van der Waals surface area contributed by atoms with Crippen LogP contribution in [0.5, 0.6) is 0 Å². The molecule has 12 heteroatoms. The Morgan fingerprint density at radius 3 is 2.59 bits per heavy atom. The third-order valence-electron chi connectivity index (χ3n) is 7.47. The molecule has 1 saturated heterocycles. The summed E-state index contributed by atoms with van der Waals surface area (Å²) < 4.78 is 53.1. The van der Waals surface area contributed by atoms with Crippen LogP contribution < -0.4 is 5.32 Å². The Morgan fingerprint density at radius 1 is 1.15 bits per heavy atom. The second kappa shape index (κ2) is 7.21. The molecule has 3 aliphatic rings. The molecule has 0 bridgehead atoms. The van der Waals surface area contributed by atoms with Gasteiger partial charge in [-0.25, -0.2) is 14.4 Å². The molecule has 4 unspecified atom stereocenters. The predicted octanol–water partition coefficient (Wildman–Crippen LogP) is 3.32. The van der Waals surface area contributed by atoms with Crippen LogP contribution in [-0.2, 0) is 6.18 Å². The molecule has 1 spiro atoms. The number of halogens is 4. The Hall–Kier alpha value is -3.57. The van der Waals surface area contributed by atoms with Crippen molar-refractivity contribution in [2.24, 2.45) is 11.3 Å². The smallest absolute Gasteiger partial charge is 0.364 e. The van der Waals surface area contributed by atoms with Crippen molar-refractivity contribution in [1.82, 2.24) is 29.9 Å². The van der Waals surface area contributed by atoms with Crippen LogP contribution >= 0.6 is 0 Å². The molecule has 1 aromatic carbocycles. The quantitative estimate of drug-likeness (QED) is 0.585. The Labute approximate surface area is 191 Å². The minimum absolute atomic E-state index is 0.0109. The molecular formula is C22H19F4N7O. The van der Waals surface area contributed by atoms with Crippen molar-refractivity contribution in [3.63, 3.8) is 0 Å². The van der Waals surface area contributed by atoms with Gasteiger partial charge in [-0.2, -0.15) is 23.4 Å². The van der Waals surface area contributed by atoms with Gasteiger partial charge in [0.25, 0.3) is 5.91 Å². The van der Waals surface area contributed by atoms with Crippen molar-refractivity contribution in [3.8, 4) is 5.69 Å². The molecule has 2 aliphatic carbocycles. The van der Waals surface area contributed by atoms with E-state index in [0.29, 0.717) is 18.7 Å². The maximum atomic E-state index is 14.7. The largest absolute Gasteiger partial charge is 0.434 e. The number of benzene rings is 1. The highest BCUT2D eigenvalue weighted by Crippen LogP contribution is 2.66. The van der Waals surface area contributed by atoms with E-state index in [1.54, 1.807) is 11.0 Å². The summed E-state index contributed by atoms with van der Waals surface area (Å²) in [6.07, 6.45) is 2.75. The van der Waals surface area contributed by atoms with Gasteiger partial charge in [-0.1, -0.05) is 6.07 Å². The predicted molar refractivity (Wildman–Crippen MR) is 110 cm³/mol. The Balaban J connectivity index is 1.28. The van der Waals surface area contributed by atoms with E-state index in [4.69, 9.17) is 0 Å². The van der Waals surface area contributed by atoms with Crippen LogP contribution in [0, 0.1) is 17.2 Å². The van der Waals surface area contributed by atoms with Gasteiger partial charge in [0.05, 0.1) is 36.4 Å². The number of aromatic nitrogens is 5. The number of likely N-dealkylation sites (tertiary alicyclic amines) is 1. The van der Waals surface area contributed by atoms with Gasteiger partial charge in [-0.05, 0) is 42.7 Å². The number of nitrogens with zero attached hydrogens (tertiary/aromatic N) is 6. The van der Waals surface area contributed by atoms with Crippen molar-refractivity contribution in [1.29, 1.82) is 0 Å². The first-order valence-electron chi connectivity index (χ1n) is 10.9. The molecular weight excluding hydrogens is 454 g/mol. The van der Waals surface area contributed by atoms with Crippen molar-refractivity contribution < 1.29 is 22.4 Å². The normalized spacial score (nSPS) is 27.4. The van der Waals surface area contributed by atoms with Crippen molar-refractivity contribution in [2.75, 3.05) is 11.9 Å². The summed E-state index contributed by atoms with van der Waals surface area (Å²) in [6, 6.07) is 3.91. The lowest BCUT2D eigenvalue weighted by atomic mass is 9.47. The lowest BCUT2D eigenvalue weighted by molar-refractivity contribution is -0.141. The van der Waals surface area contributed by atoms with Crippen molar-refractivity contribution >= 4 is 11.7 Å². The molecule has 2 aromatic heterocycles. The maximum Gasteiger partial charge on any atom is 0.434 e. The highest BCUT2D eigenvalue weighted by molar-refractivity contribution is 5.98. The van der Waals surface area contributed by atoms with Gasteiger partial charge in [-0.3, -0.25) is 4.79 Å². The summed E-state index contributed by atoms with van der Waals surface area (Å²) in [5.74, 6) is -0.369. The van der Waals surface area contributed by atoms with Gasteiger partial charge >= 0.3 is 6.18 Å². The first-order valence-corrected chi connectivity index (χ1v) is 10.9. The molecule has 4 atom stereocenters. The molecule has 8 nitrogen and oxygen atoms in total. The summed E-state index contributed by atoms with van der Waals surface area (Å²) in [4.78, 5) is 23.9. The number of hydrogen-bond donors (Lipinski definition) is 1. The topological polar surface area (TPSA) is 88.8 Å². The second-order valence-electron chi connectivity index (χ2n) is 9.07. The van der Waals surface area contributed by atoms with Crippen LogP contribution in [0.3, 0.4) is 0 Å². The number of anilines is 1. The number of nitrogens with one attached hydrogen (secondary N) is 1. The third-order valence-corrected chi connectivity index (χ3v) is 7.47. The molecule has 34 heavy (non-hydrogen) atoms. The summed E-state index contributed by atoms with van der Waals surface area (Å²) >= 11 is 0. The molecule has 3 heterocycles. The van der Waals surface area contributed by atoms with E-state index in [9.17, 15) is 22.4 Å². The fourth-order valence-electron chi connectivity index (χ4n) is 5.87. The number of amides is 1. The molecule has 176 valence electrons. The standard InChI is InChI=1S/C22H19F4N7O/c23-14-3-1-2-13(18(14)33-29-6-7-30-33)20(34)32-11-12-4-5-21(12)8-15(19(21)32)31-17-10-27-16(9-28-17)22(24,25)26/h1-3,6-7,9-10,12,15,19H,4-5,8,11H2,(H,28,31). The second-order valence-corrected chi connectivity index (χ2v) is 9.07. The van der Waals surface area contributed by atoms with E-state index in [2.05, 4.69) is 25.5 Å². The van der Waals surface area contributed by atoms with Crippen molar-refractivity contribution in [3.05, 3.63) is 60.1 Å². The van der Waals surface area contributed by atoms with Gasteiger partial charge in [0.1, 0.15) is 11.5 Å². The van der Waals surface area contributed by atoms with E-state index < -0.39 is 17.7 Å². The summed E-state index contributed by atoms with van der Waals surface area (Å²) in [6.45, 7) is 0.545.